The van der Waals surface area contributed by atoms with Crippen LogP contribution in [0.1, 0.15) is 173 Å². The maximum Gasteiger partial charge on any atom is 0.259 e. The van der Waals surface area contributed by atoms with E-state index in [9.17, 15) is 51.6 Å². The van der Waals surface area contributed by atoms with Crippen molar-refractivity contribution in [2.45, 2.75) is 123 Å². The highest BCUT2D eigenvalue weighted by molar-refractivity contribution is 7.88. The third kappa shape index (κ3) is 13.7. The van der Waals surface area contributed by atoms with Gasteiger partial charge in [-0.3, -0.25) is 64.4 Å². The minimum atomic E-state index is -3.28. The summed E-state index contributed by atoms with van der Waals surface area (Å²) in [5, 5.41) is 23.8. The Labute approximate surface area is 758 Å². The van der Waals surface area contributed by atoms with Gasteiger partial charge in [-0.05, 0) is 181 Å². The van der Waals surface area contributed by atoms with Gasteiger partial charge < -0.3 is 34.6 Å². The Morgan fingerprint density at radius 2 is 0.595 bits per heavy atom. The highest BCUT2D eigenvalue weighted by atomic mass is 32.2. The monoisotopic (exact) mass is 1770 g/mol. The van der Waals surface area contributed by atoms with E-state index in [-0.39, 0.29) is 53.2 Å². The minimum Gasteiger partial charge on any atom is -0.380 e. The third-order valence-corrected chi connectivity index (χ3v) is 28.5. The van der Waals surface area contributed by atoms with Gasteiger partial charge in [0.05, 0.1) is 77.8 Å². The van der Waals surface area contributed by atoms with Gasteiger partial charge in [0.25, 0.3) is 47.3 Å². The number of rotatable bonds is 17. The second-order valence-corrected chi connectivity index (χ2v) is 37.1. The van der Waals surface area contributed by atoms with E-state index >= 15 is 0 Å². The fraction of sp³-hybridized carbons (Fsp3) is 0.226. The van der Waals surface area contributed by atoms with Crippen LogP contribution in [0.3, 0.4) is 0 Å². The lowest BCUT2D eigenvalue weighted by molar-refractivity contribution is -0.119. The molecule has 9 N–H and O–H groups in total. The molecule has 25 heteroatoms. The van der Waals surface area contributed by atoms with Crippen LogP contribution in [0.2, 0.25) is 0 Å². The molecule has 0 saturated carbocycles. The lowest BCUT2D eigenvalue weighted by Gasteiger charge is -2.24. The van der Waals surface area contributed by atoms with Crippen molar-refractivity contribution in [1.82, 2.24) is 54.9 Å². The highest BCUT2D eigenvalue weighted by Crippen LogP contribution is 2.53. The number of amides is 9. The van der Waals surface area contributed by atoms with Crippen LogP contribution in [0.15, 0.2) is 194 Å². The molecule has 0 bridgehead atoms. The molecular formula is C106H92N12O11S2. The second-order valence-electron chi connectivity index (χ2n) is 34.8. The number of aryl methyl sites for hydroxylation is 8. The molecule has 12 aromatic carbocycles. The van der Waals surface area contributed by atoms with E-state index in [4.69, 9.17) is 18.0 Å². The zero-order valence-electron chi connectivity index (χ0n) is 72.5. The standard InChI is InChI=1S/C28H25N3O2S.C27H23N3O3.C26H23N3O4S.C25H21N3O2/c1-2-21(34)29-14-7-15-31-20-11-6-5-10-18(20)23-25-24(27(32)30-28(25)33)19-13-12-16-8-3-4-9-17(16)22(19)26(23)31;1-15(31)28-13-6-14-30-20-10-5-4-9-18(20)22-24-23(26(32)29-27(24)33)19-12-11-16-7-2-3-8-17(16)21(19)25(22)30;1-34(32,33)27-13-6-14-29-19-10-5-4-9-17(19)21-23-22(25(30)28-26(23)31)18-12-11-15-7-2-3-8-16(15)20(18)24(21)29;26-12-5-13-28-18-9-4-3-8-16(18)20-22-21(24(29)27-25(22)30)17-11-10-14-6-1-2-7-15(14)19(17)23(20)28/h3-6,8-11H,2,7,12-15H2,1H3,(H,29,34)(H,30,32,33);2-5,7-10H,6,11-14H2,1H3,(H,28,31)(H,29,32,33);2-5,7-10,27H,6,11-14H2,1H3,(H,28,30,31);1-4,6-9H,5,10-13,26H2,(H,27,29,30). The molecule has 16 aromatic rings. The molecule has 0 unspecified atom stereocenters. The van der Waals surface area contributed by atoms with E-state index in [0.29, 0.717) is 90.1 Å². The molecule has 4 aromatic heterocycles. The Morgan fingerprint density at radius 3 is 0.870 bits per heavy atom. The quantitative estimate of drug-likeness (QED) is 0.0239. The molecule has 23 nitrogen and oxygen atoms in total. The zero-order chi connectivity index (χ0) is 90.1. The van der Waals surface area contributed by atoms with Crippen LogP contribution < -0.4 is 42.4 Å². The summed E-state index contributed by atoms with van der Waals surface area (Å²) in [6.45, 7) is 8.66. The number of benzene rings is 12. The van der Waals surface area contributed by atoms with Crippen molar-refractivity contribution >= 4 is 168 Å². The van der Waals surface area contributed by atoms with Gasteiger partial charge in [-0.25, -0.2) is 13.1 Å². The fourth-order valence-electron chi connectivity index (χ4n) is 22.2. The number of hydrogen-bond donors (Lipinski definition) is 8. The van der Waals surface area contributed by atoms with Gasteiger partial charge in [-0.15, -0.1) is 0 Å². The first-order valence-corrected chi connectivity index (χ1v) is 47.3. The molecule has 9 amide bonds. The van der Waals surface area contributed by atoms with Crippen molar-refractivity contribution < 1.29 is 51.6 Å². The fourth-order valence-corrected chi connectivity index (χ4v) is 22.8. The number of imide groups is 4. The van der Waals surface area contributed by atoms with Crippen molar-refractivity contribution in [2.75, 3.05) is 32.4 Å². The van der Waals surface area contributed by atoms with E-state index in [1.54, 1.807) is 0 Å². The smallest absolute Gasteiger partial charge is 0.259 e. The summed E-state index contributed by atoms with van der Waals surface area (Å²) in [6, 6.07) is 65.8. The van der Waals surface area contributed by atoms with Gasteiger partial charge in [0.1, 0.15) is 0 Å². The molecule has 0 fully saturated rings. The Morgan fingerprint density at radius 1 is 0.344 bits per heavy atom. The van der Waals surface area contributed by atoms with E-state index in [1.165, 1.54) is 29.2 Å². The summed E-state index contributed by atoms with van der Waals surface area (Å²) in [6.07, 6.45) is 11.3. The van der Waals surface area contributed by atoms with E-state index in [1.807, 2.05) is 103 Å². The van der Waals surface area contributed by atoms with Crippen LogP contribution in [-0.4, -0.2) is 117 Å². The Kier molecular flexibility index (Phi) is 21.2. The van der Waals surface area contributed by atoms with E-state index in [0.717, 1.165) is 255 Å². The number of para-hydroxylation sites is 4. The van der Waals surface area contributed by atoms with Crippen molar-refractivity contribution in [1.29, 1.82) is 0 Å². The number of hydrogen-bond acceptors (Lipinski definition) is 13. The molecule has 654 valence electrons. The molecule has 131 heavy (non-hydrogen) atoms. The van der Waals surface area contributed by atoms with Crippen LogP contribution in [0, 0.1) is 0 Å². The number of thiocarbonyl (C=S) groups is 1. The summed E-state index contributed by atoms with van der Waals surface area (Å²) in [5.74, 6) is -2.46. The molecule has 0 spiro atoms. The SMILES string of the molecule is CC(=O)NCCCn1c2ccccc2c2c3c(c4c(c21)-c1ccccc1CC4)C(=O)NC3=O.CCC(=S)NCCCn1c2ccccc2c2c3c(c4c(c21)-c1ccccc1CC4)C(=O)NC3=O.CS(=O)(=O)NCCCn1c2ccccc2c2c3c(c4c(c21)-c1ccccc1CC4)C(=O)NC3=O.NCCCn1c2ccccc2c2c3c(c4c(c21)-c1ccccc1CC4)C(=O)NC3=O. The summed E-state index contributed by atoms with van der Waals surface area (Å²) in [5.41, 5.74) is 36.0. The Hall–Kier alpha value is -14.4. The number of nitrogens with two attached hydrogens (primary N) is 1. The zero-order valence-corrected chi connectivity index (χ0v) is 74.1. The molecule has 0 atom stereocenters. The predicted octanol–water partition coefficient (Wildman–Crippen LogP) is 16.3. The van der Waals surface area contributed by atoms with Crippen molar-refractivity contribution in [3.63, 3.8) is 0 Å². The predicted molar refractivity (Wildman–Crippen MR) is 516 cm³/mol. The van der Waals surface area contributed by atoms with E-state index < -0.39 is 10.0 Å². The van der Waals surface area contributed by atoms with Crippen LogP contribution in [0.25, 0.3) is 132 Å². The van der Waals surface area contributed by atoms with Gasteiger partial charge in [0.15, 0.2) is 0 Å². The average Bonchev–Trinajstić information content (AvgIpc) is 1.56. The summed E-state index contributed by atoms with van der Waals surface area (Å²) in [7, 11) is -3.28. The van der Waals surface area contributed by atoms with Gasteiger partial charge in [-0.2, -0.15) is 0 Å². The molecular weight excluding hydrogens is 1680 g/mol. The Bertz CT molecular complexity index is 7940. The van der Waals surface area contributed by atoms with E-state index in [2.05, 4.69) is 153 Å². The maximum atomic E-state index is 13.1. The lowest BCUT2D eigenvalue weighted by Crippen LogP contribution is -2.23. The van der Waals surface area contributed by atoms with Gasteiger partial charge in [0.2, 0.25) is 15.9 Å². The summed E-state index contributed by atoms with van der Waals surface area (Å²) >= 11 is 5.33. The molecule has 8 aliphatic rings. The third-order valence-electron chi connectivity index (χ3n) is 27.3. The number of nitrogens with one attached hydrogen (secondary N) is 7. The number of nitrogens with zero attached hydrogens (tertiary/aromatic N) is 4. The molecule has 0 saturated heterocycles. The number of carbonyl (C=O) groups excluding carboxylic acids is 9. The molecule has 4 aliphatic carbocycles. The number of carbonyl (C=O) groups is 9. The normalized spacial score (nSPS) is 14.5. The van der Waals surface area contributed by atoms with Gasteiger partial charge in [-0.1, -0.05) is 189 Å². The van der Waals surface area contributed by atoms with Gasteiger partial charge in [0, 0.05) is 140 Å². The van der Waals surface area contributed by atoms with Crippen LogP contribution in [0.4, 0.5) is 0 Å². The topological polar surface area (TPSA) is 318 Å². The highest BCUT2D eigenvalue weighted by Gasteiger charge is 2.44. The second kappa shape index (κ2) is 33.3. The molecule has 0 radical (unpaired) electrons. The number of sulfonamides is 1. The number of fused-ring (bicyclic) bond motifs is 40. The van der Waals surface area contributed by atoms with Crippen LogP contribution >= 0.6 is 12.2 Å². The Balaban J connectivity index is 0.000000106. The van der Waals surface area contributed by atoms with Gasteiger partial charge >= 0.3 is 0 Å². The minimum absolute atomic E-state index is 0.0449. The van der Waals surface area contributed by atoms with Crippen molar-refractivity contribution in [3.8, 4) is 44.5 Å². The van der Waals surface area contributed by atoms with Crippen LogP contribution in [-0.2, 0) is 92.4 Å². The molecule has 4 aliphatic heterocycles. The molecule has 24 rings (SSSR count). The summed E-state index contributed by atoms with van der Waals surface area (Å²) < 4.78 is 34.8. The molecule has 8 heterocycles. The average molecular weight is 1770 g/mol. The first kappa shape index (κ1) is 83.5. The van der Waals surface area contributed by atoms with Crippen LogP contribution in [0.5, 0.6) is 0 Å². The lowest BCUT2D eigenvalue weighted by atomic mass is 9.80. The summed E-state index contributed by atoms with van der Waals surface area (Å²) in [4.78, 5) is 116. The largest absolute Gasteiger partial charge is 0.380 e. The first-order chi connectivity index (χ1) is 63.7. The number of aromatic nitrogens is 4. The maximum absolute atomic E-state index is 13.1. The van der Waals surface area contributed by atoms with Crippen molar-refractivity contribution in [3.05, 3.63) is 283 Å². The van der Waals surface area contributed by atoms with Crippen molar-refractivity contribution in [2.24, 2.45) is 5.73 Å². The first-order valence-electron chi connectivity index (χ1n) is 45.0.